The van der Waals surface area contributed by atoms with Crippen LogP contribution in [0.4, 0.5) is 4.39 Å². The molecule has 0 nitrogen and oxygen atoms in total. The van der Waals surface area contributed by atoms with Gasteiger partial charge in [0.1, 0.15) is 5.82 Å². The van der Waals surface area contributed by atoms with E-state index in [1.54, 1.807) is 0 Å². The topological polar surface area (TPSA) is 0 Å². The van der Waals surface area contributed by atoms with Crippen molar-refractivity contribution in [2.45, 2.75) is 58.3 Å². The van der Waals surface area contributed by atoms with Gasteiger partial charge in [-0.25, -0.2) is 4.39 Å². The van der Waals surface area contributed by atoms with Crippen LogP contribution in [-0.4, -0.2) is 0 Å². The van der Waals surface area contributed by atoms with E-state index in [-0.39, 0.29) is 5.82 Å². The maximum atomic E-state index is 14.9. The van der Waals surface area contributed by atoms with Gasteiger partial charge in [-0.3, -0.25) is 0 Å². The van der Waals surface area contributed by atoms with Crippen LogP contribution in [0.5, 0.6) is 0 Å². The van der Waals surface area contributed by atoms with Crippen LogP contribution in [-0.2, 0) is 6.42 Å². The molecule has 0 amide bonds. The molecule has 1 fully saturated rings. The van der Waals surface area contributed by atoms with Gasteiger partial charge in [0.25, 0.3) is 0 Å². The predicted octanol–water partition coefficient (Wildman–Crippen LogP) is 9.00. The van der Waals surface area contributed by atoms with Crippen molar-refractivity contribution in [3.8, 4) is 11.1 Å². The summed E-state index contributed by atoms with van der Waals surface area (Å²) in [5, 5.41) is 1.69. The summed E-state index contributed by atoms with van der Waals surface area (Å²) in [4.78, 5) is 0. The lowest BCUT2D eigenvalue weighted by Gasteiger charge is -2.27. The van der Waals surface area contributed by atoms with Crippen LogP contribution in [0.15, 0.2) is 78.9 Å². The van der Waals surface area contributed by atoms with E-state index >= 15 is 0 Å². The number of rotatable bonds is 6. The van der Waals surface area contributed by atoms with E-state index in [0.29, 0.717) is 5.92 Å². The Morgan fingerprint density at radius 3 is 2.29 bits per heavy atom. The summed E-state index contributed by atoms with van der Waals surface area (Å²) in [6.45, 7) is 4.12. The quantitative estimate of drug-likeness (QED) is 0.354. The first-order chi connectivity index (χ1) is 15.2. The Morgan fingerprint density at radius 1 is 0.839 bits per heavy atom. The van der Waals surface area contributed by atoms with Crippen molar-refractivity contribution >= 4 is 10.8 Å². The Bertz CT molecular complexity index is 1060. The molecule has 3 aromatic rings. The van der Waals surface area contributed by atoms with Crippen molar-refractivity contribution in [3.05, 3.63) is 95.8 Å². The van der Waals surface area contributed by atoms with Crippen LogP contribution in [0.2, 0.25) is 0 Å². The fraction of sp³-hybridized carbons (Fsp3) is 0.333. The number of allylic oxidation sites excluding steroid dienone is 4. The molecule has 1 aliphatic rings. The lowest BCUT2D eigenvalue weighted by atomic mass is 9.78. The number of halogens is 1. The van der Waals surface area contributed by atoms with Gasteiger partial charge in [0.05, 0.1) is 0 Å². The Balaban J connectivity index is 1.50. The van der Waals surface area contributed by atoms with Gasteiger partial charge in [0.15, 0.2) is 0 Å². The van der Waals surface area contributed by atoms with E-state index in [2.05, 4.69) is 67.6 Å². The molecule has 0 atom stereocenters. The number of aryl methyl sites for hydroxylation is 1. The van der Waals surface area contributed by atoms with Crippen LogP contribution in [0.25, 0.3) is 21.9 Å². The number of hydrogen-bond acceptors (Lipinski definition) is 0. The second kappa shape index (κ2) is 10.1. The van der Waals surface area contributed by atoms with Gasteiger partial charge in [-0.1, -0.05) is 72.8 Å². The largest absolute Gasteiger partial charge is 0.206 e. The highest BCUT2D eigenvalue weighted by Crippen LogP contribution is 2.37. The number of fused-ring (bicyclic) bond motifs is 1. The molecule has 0 saturated heterocycles. The second-order valence-electron chi connectivity index (χ2n) is 8.84. The summed E-state index contributed by atoms with van der Waals surface area (Å²) in [5.74, 6) is 1.38. The van der Waals surface area contributed by atoms with Gasteiger partial charge >= 0.3 is 0 Å². The molecular weight excluding hydrogens is 379 g/mol. The third kappa shape index (κ3) is 4.98. The fourth-order valence-corrected chi connectivity index (χ4v) is 4.98. The summed E-state index contributed by atoms with van der Waals surface area (Å²) in [6.07, 6.45) is 15.4. The van der Waals surface area contributed by atoms with Gasteiger partial charge in [-0.2, -0.15) is 0 Å². The summed E-state index contributed by atoms with van der Waals surface area (Å²) in [5.41, 5.74) is 4.61. The Hall–Kier alpha value is -2.67. The van der Waals surface area contributed by atoms with Gasteiger partial charge in [-0.05, 0) is 97.9 Å². The Labute approximate surface area is 186 Å². The zero-order chi connectivity index (χ0) is 21.6. The van der Waals surface area contributed by atoms with Gasteiger partial charge < -0.3 is 0 Å². The van der Waals surface area contributed by atoms with E-state index in [1.165, 1.54) is 36.8 Å². The lowest BCUT2D eigenvalue weighted by Crippen LogP contribution is -2.11. The predicted molar refractivity (Wildman–Crippen MR) is 132 cm³/mol. The van der Waals surface area contributed by atoms with Gasteiger partial charge in [0, 0.05) is 5.39 Å². The zero-order valence-corrected chi connectivity index (χ0v) is 18.8. The van der Waals surface area contributed by atoms with E-state index < -0.39 is 0 Å². The van der Waals surface area contributed by atoms with E-state index in [0.717, 1.165) is 40.7 Å². The summed E-state index contributed by atoms with van der Waals surface area (Å²) >= 11 is 0. The highest BCUT2D eigenvalue weighted by molar-refractivity contribution is 5.88. The molecule has 3 aromatic carbocycles. The Morgan fingerprint density at radius 2 is 1.58 bits per heavy atom. The maximum absolute atomic E-state index is 14.9. The minimum Gasteiger partial charge on any atom is -0.206 e. The summed E-state index contributed by atoms with van der Waals surface area (Å²) in [7, 11) is 0. The molecule has 0 bridgehead atoms. The molecule has 1 heteroatoms. The van der Waals surface area contributed by atoms with Crippen molar-refractivity contribution in [1.29, 1.82) is 0 Å². The SMILES string of the molecule is C/C=C/CCc1ccc2cc(-c3ccc(C4CCC(/C=C/C)CC4)cc3)ccc2c1F. The van der Waals surface area contributed by atoms with Crippen molar-refractivity contribution in [1.82, 2.24) is 0 Å². The fourth-order valence-electron chi connectivity index (χ4n) is 4.98. The second-order valence-corrected chi connectivity index (χ2v) is 8.84. The molecule has 1 aliphatic carbocycles. The summed E-state index contributed by atoms with van der Waals surface area (Å²) < 4.78 is 14.9. The molecule has 0 radical (unpaired) electrons. The van der Waals surface area contributed by atoms with Crippen molar-refractivity contribution < 1.29 is 4.39 Å². The average molecular weight is 413 g/mol. The highest BCUT2D eigenvalue weighted by atomic mass is 19.1. The normalized spacial score (nSPS) is 19.6. The lowest BCUT2D eigenvalue weighted by molar-refractivity contribution is 0.376. The molecule has 1 saturated carbocycles. The molecule has 4 rings (SSSR count). The average Bonchev–Trinajstić information content (AvgIpc) is 2.81. The molecule has 0 heterocycles. The minimum atomic E-state index is -0.0718. The molecule has 0 aromatic heterocycles. The van der Waals surface area contributed by atoms with Gasteiger partial charge in [0.2, 0.25) is 0 Å². The van der Waals surface area contributed by atoms with Crippen LogP contribution >= 0.6 is 0 Å². The van der Waals surface area contributed by atoms with E-state index in [4.69, 9.17) is 0 Å². The van der Waals surface area contributed by atoms with Crippen LogP contribution in [0.3, 0.4) is 0 Å². The Kier molecular flexibility index (Phi) is 7.02. The first-order valence-corrected chi connectivity index (χ1v) is 11.7. The molecule has 160 valence electrons. The highest BCUT2D eigenvalue weighted by Gasteiger charge is 2.20. The first kappa shape index (κ1) is 21.6. The number of benzene rings is 3. The molecule has 0 N–H and O–H groups in total. The third-order valence-electron chi connectivity index (χ3n) is 6.80. The maximum Gasteiger partial charge on any atom is 0.134 e. The molecule has 0 spiro atoms. The third-order valence-corrected chi connectivity index (χ3v) is 6.80. The van der Waals surface area contributed by atoms with Gasteiger partial charge in [-0.15, -0.1) is 0 Å². The van der Waals surface area contributed by atoms with Crippen molar-refractivity contribution in [3.63, 3.8) is 0 Å². The number of hydrogen-bond donors (Lipinski definition) is 0. The molecular formula is C30H33F. The van der Waals surface area contributed by atoms with Crippen LogP contribution in [0, 0.1) is 11.7 Å². The monoisotopic (exact) mass is 412 g/mol. The molecule has 0 aliphatic heterocycles. The van der Waals surface area contributed by atoms with E-state index in [1.807, 2.05) is 25.1 Å². The summed E-state index contributed by atoms with van der Waals surface area (Å²) in [6, 6.07) is 19.2. The minimum absolute atomic E-state index is 0.0718. The molecule has 0 unspecified atom stereocenters. The van der Waals surface area contributed by atoms with Crippen molar-refractivity contribution in [2.75, 3.05) is 0 Å². The first-order valence-electron chi connectivity index (χ1n) is 11.7. The zero-order valence-electron chi connectivity index (χ0n) is 18.8. The van der Waals surface area contributed by atoms with Crippen LogP contribution < -0.4 is 0 Å². The smallest absolute Gasteiger partial charge is 0.134 e. The van der Waals surface area contributed by atoms with Crippen molar-refractivity contribution in [2.24, 2.45) is 5.92 Å². The molecule has 31 heavy (non-hydrogen) atoms. The van der Waals surface area contributed by atoms with Crippen LogP contribution in [0.1, 0.15) is 63.0 Å². The van der Waals surface area contributed by atoms with E-state index in [9.17, 15) is 4.39 Å². The standard InChI is InChI=1S/C30H33F/c1-3-5-6-8-26-17-18-28-21-27(19-20-29(28)30(26)31)25-15-13-24(14-16-25)23-11-9-22(7-4-2)10-12-23/h3-5,7,13-23H,6,8-12H2,1-2H3/b5-3+,7-4+.